The van der Waals surface area contributed by atoms with Crippen molar-refractivity contribution >= 4 is 29.3 Å². The van der Waals surface area contributed by atoms with Gasteiger partial charge in [0.25, 0.3) is 0 Å². The summed E-state index contributed by atoms with van der Waals surface area (Å²) in [5, 5.41) is 3.56. The maximum absolute atomic E-state index is 12.5. The van der Waals surface area contributed by atoms with Crippen LogP contribution in [0.3, 0.4) is 0 Å². The largest absolute Gasteiger partial charge is 0.353 e. The molecular weight excluding hydrogens is 310 g/mol. The van der Waals surface area contributed by atoms with Crippen molar-refractivity contribution in [2.45, 2.75) is 61.3 Å². The van der Waals surface area contributed by atoms with Crippen molar-refractivity contribution in [2.75, 3.05) is 11.9 Å². The standard InChI is InChI=1S/C17H23N3O2S/c1-20-13-9-6-10-18-16(13)23-14(17(20)22)11-15(21)19-12-7-4-2-3-5-8-12/h6,9-10,12,14H,2-5,7-8,11H2,1H3,(H,19,21)/t14-/m1/s1. The lowest BCUT2D eigenvalue weighted by molar-refractivity contribution is -0.125. The lowest BCUT2D eigenvalue weighted by Gasteiger charge is -2.30. The number of amides is 2. The van der Waals surface area contributed by atoms with Crippen LogP contribution in [0.1, 0.15) is 44.9 Å². The Morgan fingerprint density at radius 3 is 2.83 bits per heavy atom. The van der Waals surface area contributed by atoms with E-state index in [2.05, 4.69) is 10.3 Å². The summed E-state index contributed by atoms with van der Waals surface area (Å²) in [6, 6.07) is 3.98. The number of rotatable bonds is 3. The van der Waals surface area contributed by atoms with E-state index in [1.54, 1.807) is 18.1 Å². The SMILES string of the molecule is CN1C(=O)[C@@H](CC(=O)NC2CCCCCC2)Sc2ncccc21. The Labute approximate surface area is 141 Å². The minimum Gasteiger partial charge on any atom is -0.353 e. The lowest BCUT2D eigenvalue weighted by Crippen LogP contribution is -2.42. The number of anilines is 1. The first kappa shape index (κ1) is 16.3. The quantitative estimate of drug-likeness (QED) is 0.864. The predicted molar refractivity (Wildman–Crippen MR) is 91.5 cm³/mol. The zero-order chi connectivity index (χ0) is 16.2. The number of fused-ring (bicyclic) bond motifs is 1. The van der Waals surface area contributed by atoms with E-state index in [1.165, 1.54) is 37.4 Å². The molecule has 0 saturated heterocycles. The lowest BCUT2D eigenvalue weighted by atomic mass is 10.1. The third kappa shape index (κ3) is 3.86. The number of hydrogen-bond acceptors (Lipinski definition) is 4. The monoisotopic (exact) mass is 333 g/mol. The zero-order valence-corrected chi connectivity index (χ0v) is 14.3. The van der Waals surface area contributed by atoms with Gasteiger partial charge in [0.15, 0.2) is 0 Å². The summed E-state index contributed by atoms with van der Waals surface area (Å²) in [5.41, 5.74) is 0.822. The summed E-state index contributed by atoms with van der Waals surface area (Å²) in [5.74, 6) is -0.0398. The molecule has 1 fully saturated rings. The van der Waals surface area contributed by atoms with Crippen LogP contribution in [0.25, 0.3) is 0 Å². The Hall–Kier alpha value is -1.56. The second-order valence-corrected chi connectivity index (χ2v) is 7.48. The fraction of sp³-hybridized carbons (Fsp3) is 0.588. The Kier molecular flexibility index (Phi) is 5.20. The Morgan fingerprint density at radius 1 is 1.35 bits per heavy atom. The molecular formula is C17H23N3O2S. The number of nitrogens with one attached hydrogen (secondary N) is 1. The van der Waals surface area contributed by atoms with Crippen molar-refractivity contribution in [3.63, 3.8) is 0 Å². The number of nitrogens with zero attached hydrogens (tertiary/aromatic N) is 2. The Morgan fingerprint density at radius 2 is 2.09 bits per heavy atom. The van der Waals surface area contributed by atoms with Gasteiger partial charge in [-0.2, -0.15) is 0 Å². The maximum atomic E-state index is 12.5. The molecule has 3 rings (SSSR count). The van der Waals surface area contributed by atoms with Crippen LogP contribution in [0.2, 0.25) is 0 Å². The molecule has 124 valence electrons. The molecule has 1 aliphatic heterocycles. The van der Waals surface area contributed by atoms with Gasteiger partial charge in [-0.15, -0.1) is 0 Å². The molecule has 1 saturated carbocycles. The van der Waals surface area contributed by atoms with Crippen molar-refractivity contribution in [1.82, 2.24) is 10.3 Å². The fourth-order valence-electron chi connectivity index (χ4n) is 3.26. The van der Waals surface area contributed by atoms with E-state index in [0.29, 0.717) is 0 Å². The molecule has 6 heteroatoms. The van der Waals surface area contributed by atoms with Crippen LogP contribution in [0, 0.1) is 0 Å². The van der Waals surface area contributed by atoms with Crippen LogP contribution >= 0.6 is 11.8 Å². The highest BCUT2D eigenvalue weighted by atomic mass is 32.2. The van der Waals surface area contributed by atoms with Gasteiger partial charge < -0.3 is 10.2 Å². The number of carbonyl (C=O) groups excluding carboxylic acids is 2. The molecule has 1 aliphatic carbocycles. The smallest absolute Gasteiger partial charge is 0.240 e. The average Bonchev–Trinajstić information content (AvgIpc) is 2.81. The average molecular weight is 333 g/mol. The molecule has 0 spiro atoms. The molecule has 1 aromatic rings. The number of hydrogen-bond donors (Lipinski definition) is 1. The minimum atomic E-state index is -0.381. The van der Waals surface area contributed by atoms with Gasteiger partial charge in [0.1, 0.15) is 5.03 Å². The minimum absolute atomic E-state index is 0.0180. The number of thioether (sulfide) groups is 1. The third-order valence-electron chi connectivity index (χ3n) is 4.56. The summed E-state index contributed by atoms with van der Waals surface area (Å²) in [6.45, 7) is 0. The van der Waals surface area contributed by atoms with Gasteiger partial charge in [-0.1, -0.05) is 37.4 Å². The van der Waals surface area contributed by atoms with Gasteiger partial charge in [0.05, 0.1) is 10.9 Å². The van der Waals surface area contributed by atoms with Crippen molar-refractivity contribution in [2.24, 2.45) is 0 Å². The van der Waals surface area contributed by atoms with Crippen LogP contribution < -0.4 is 10.2 Å². The van der Waals surface area contributed by atoms with Gasteiger partial charge >= 0.3 is 0 Å². The number of pyridine rings is 1. The first-order chi connectivity index (χ1) is 11.1. The van der Waals surface area contributed by atoms with Gasteiger partial charge in [-0.05, 0) is 25.0 Å². The molecule has 0 bridgehead atoms. The molecule has 2 amide bonds. The van der Waals surface area contributed by atoms with E-state index in [0.717, 1.165) is 23.6 Å². The van der Waals surface area contributed by atoms with E-state index in [1.807, 2.05) is 12.1 Å². The topological polar surface area (TPSA) is 62.3 Å². The molecule has 0 aromatic carbocycles. The molecule has 2 aliphatic rings. The second kappa shape index (κ2) is 7.34. The highest BCUT2D eigenvalue weighted by Gasteiger charge is 2.33. The van der Waals surface area contributed by atoms with E-state index < -0.39 is 0 Å². The van der Waals surface area contributed by atoms with Gasteiger partial charge in [0, 0.05) is 25.7 Å². The predicted octanol–water partition coefficient (Wildman–Crippen LogP) is 2.75. The molecule has 5 nitrogen and oxygen atoms in total. The van der Waals surface area contributed by atoms with Crippen molar-refractivity contribution in [3.05, 3.63) is 18.3 Å². The maximum Gasteiger partial charge on any atom is 0.240 e. The summed E-state index contributed by atoms with van der Waals surface area (Å²) >= 11 is 1.40. The molecule has 1 N–H and O–H groups in total. The second-order valence-electron chi connectivity index (χ2n) is 6.29. The molecule has 0 radical (unpaired) electrons. The van der Waals surface area contributed by atoms with Gasteiger partial charge in [-0.3, -0.25) is 9.59 Å². The third-order valence-corrected chi connectivity index (χ3v) is 5.75. The van der Waals surface area contributed by atoms with Crippen LogP contribution in [0.4, 0.5) is 5.69 Å². The van der Waals surface area contributed by atoms with Crippen LogP contribution in [-0.4, -0.2) is 35.1 Å². The van der Waals surface area contributed by atoms with Gasteiger partial charge in [-0.25, -0.2) is 4.98 Å². The van der Waals surface area contributed by atoms with E-state index in [-0.39, 0.29) is 29.5 Å². The Balaban J connectivity index is 1.61. The van der Waals surface area contributed by atoms with E-state index in [4.69, 9.17) is 0 Å². The highest BCUT2D eigenvalue weighted by molar-refractivity contribution is 8.00. The first-order valence-electron chi connectivity index (χ1n) is 8.34. The van der Waals surface area contributed by atoms with Crippen molar-refractivity contribution < 1.29 is 9.59 Å². The zero-order valence-electron chi connectivity index (χ0n) is 13.5. The molecule has 0 unspecified atom stereocenters. The molecule has 23 heavy (non-hydrogen) atoms. The summed E-state index contributed by atoms with van der Waals surface area (Å²) < 4.78 is 0. The highest BCUT2D eigenvalue weighted by Crippen LogP contribution is 2.37. The molecule has 2 heterocycles. The van der Waals surface area contributed by atoms with Crippen molar-refractivity contribution in [1.29, 1.82) is 0 Å². The molecule has 1 aromatic heterocycles. The summed E-state index contributed by atoms with van der Waals surface area (Å²) in [4.78, 5) is 30.7. The number of aromatic nitrogens is 1. The summed E-state index contributed by atoms with van der Waals surface area (Å²) in [6.07, 6.45) is 8.94. The van der Waals surface area contributed by atoms with Gasteiger partial charge in [0.2, 0.25) is 11.8 Å². The molecule has 1 atom stereocenters. The van der Waals surface area contributed by atoms with Crippen LogP contribution in [-0.2, 0) is 9.59 Å². The van der Waals surface area contributed by atoms with E-state index in [9.17, 15) is 9.59 Å². The van der Waals surface area contributed by atoms with Crippen LogP contribution in [0.15, 0.2) is 23.4 Å². The Bertz CT molecular complexity index is 585. The van der Waals surface area contributed by atoms with Crippen molar-refractivity contribution in [3.8, 4) is 0 Å². The fourth-order valence-corrected chi connectivity index (χ4v) is 4.47. The van der Waals surface area contributed by atoms with E-state index >= 15 is 0 Å². The normalized spacial score (nSPS) is 22.4. The first-order valence-corrected chi connectivity index (χ1v) is 9.21. The number of carbonyl (C=O) groups is 2. The van der Waals surface area contributed by atoms with Crippen LogP contribution in [0.5, 0.6) is 0 Å². The summed E-state index contributed by atoms with van der Waals surface area (Å²) in [7, 11) is 1.75.